The van der Waals surface area contributed by atoms with Gasteiger partial charge in [-0.25, -0.2) is 0 Å². The molecule has 1 unspecified atom stereocenters. The van der Waals surface area contributed by atoms with Crippen molar-refractivity contribution in [3.8, 4) is 0 Å². The van der Waals surface area contributed by atoms with Gasteiger partial charge >= 0.3 is 0 Å². The standard InChI is InChI=1S/C22H31N5O2/c28-22(19-13-18(24-25-19)16-9-10-16)27-11-5-6-15(14-27)12-20-23-21(26-29-20)17-7-3-1-2-4-8-17/h13,15-17H,1-12,14H2,(H,24,25). The molecule has 0 aromatic carbocycles. The molecule has 1 aliphatic heterocycles. The van der Waals surface area contributed by atoms with Gasteiger partial charge in [-0.3, -0.25) is 9.89 Å². The molecule has 2 aromatic heterocycles. The number of rotatable bonds is 5. The molecular weight excluding hydrogens is 366 g/mol. The van der Waals surface area contributed by atoms with Gasteiger partial charge in [0.2, 0.25) is 5.89 Å². The molecule has 0 spiro atoms. The largest absolute Gasteiger partial charge is 0.339 e. The third-order valence-corrected chi connectivity index (χ3v) is 6.81. The highest BCUT2D eigenvalue weighted by Crippen LogP contribution is 2.39. The Morgan fingerprint density at radius 2 is 1.90 bits per heavy atom. The second kappa shape index (κ2) is 8.28. The predicted molar refractivity (Wildman–Crippen MR) is 108 cm³/mol. The van der Waals surface area contributed by atoms with Crippen molar-refractivity contribution in [1.82, 2.24) is 25.2 Å². The first-order valence-electron chi connectivity index (χ1n) is 11.4. The maximum atomic E-state index is 12.9. The Labute approximate surface area is 171 Å². The number of hydrogen-bond donors (Lipinski definition) is 1. The van der Waals surface area contributed by atoms with Crippen LogP contribution in [0.2, 0.25) is 0 Å². The summed E-state index contributed by atoms with van der Waals surface area (Å²) >= 11 is 0. The Morgan fingerprint density at radius 1 is 1.07 bits per heavy atom. The van der Waals surface area contributed by atoms with Gasteiger partial charge in [-0.15, -0.1) is 0 Å². The highest BCUT2D eigenvalue weighted by atomic mass is 16.5. The summed E-state index contributed by atoms with van der Waals surface area (Å²) in [6.45, 7) is 1.55. The van der Waals surface area contributed by atoms with Gasteiger partial charge in [0.05, 0.1) is 0 Å². The topological polar surface area (TPSA) is 87.9 Å². The van der Waals surface area contributed by atoms with Crippen molar-refractivity contribution < 1.29 is 9.32 Å². The number of carbonyl (C=O) groups excluding carboxylic acids is 1. The predicted octanol–water partition coefficient (Wildman–Crippen LogP) is 4.20. The number of amides is 1. The Bertz CT molecular complexity index is 832. The number of carbonyl (C=O) groups is 1. The Morgan fingerprint density at radius 3 is 2.69 bits per heavy atom. The molecule has 0 bridgehead atoms. The summed E-state index contributed by atoms with van der Waals surface area (Å²) in [6.07, 6.45) is 12.8. The molecule has 156 valence electrons. The molecule has 7 nitrogen and oxygen atoms in total. The minimum atomic E-state index is 0.0440. The van der Waals surface area contributed by atoms with Gasteiger partial charge in [-0.2, -0.15) is 10.1 Å². The van der Waals surface area contributed by atoms with Crippen LogP contribution < -0.4 is 0 Å². The zero-order valence-corrected chi connectivity index (χ0v) is 17.1. The molecule has 29 heavy (non-hydrogen) atoms. The third kappa shape index (κ3) is 4.38. The van der Waals surface area contributed by atoms with E-state index in [4.69, 9.17) is 9.51 Å². The minimum absolute atomic E-state index is 0.0440. The Kier molecular flexibility index (Phi) is 5.38. The van der Waals surface area contributed by atoms with Crippen LogP contribution in [-0.4, -0.2) is 44.2 Å². The summed E-state index contributed by atoms with van der Waals surface area (Å²) in [5, 5.41) is 11.6. The lowest BCUT2D eigenvalue weighted by atomic mass is 9.94. The number of aromatic amines is 1. The quantitative estimate of drug-likeness (QED) is 0.764. The lowest BCUT2D eigenvalue weighted by molar-refractivity contribution is 0.0662. The van der Waals surface area contributed by atoms with E-state index in [2.05, 4.69) is 15.4 Å². The van der Waals surface area contributed by atoms with E-state index in [9.17, 15) is 4.79 Å². The van der Waals surface area contributed by atoms with Gasteiger partial charge in [-0.05, 0) is 50.5 Å². The van der Waals surface area contributed by atoms with Crippen LogP contribution in [0.1, 0.15) is 104 Å². The smallest absolute Gasteiger partial charge is 0.274 e. The average Bonchev–Trinajstić information content (AvgIpc) is 3.40. The first-order chi connectivity index (χ1) is 14.3. The monoisotopic (exact) mass is 397 g/mol. The van der Waals surface area contributed by atoms with E-state index in [1.807, 2.05) is 11.0 Å². The van der Waals surface area contributed by atoms with E-state index in [1.165, 1.54) is 51.4 Å². The SMILES string of the molecule is O=C(c1cc(C2CC2)[nH]n1)N1CCCC(Cc2nc(C3CCCCCC3)no2)C1. The molecule has 1 N–H and O–H groups in total. The zero-order chi connectivity index (χ0) is 19.6. The highest BCUT2D eigenvalue weighted by molar-refractivity contribution is 5.92. The lowest BCUT2D eigenvalue weighted by Gasteiger charge is -2.31. The summed E-state index contributed by atoms with van der Waals surface area (Å²) in [4.78, 5) is 19.6. The van der Waals surface area contributed by atoms with Crippen LogP contribution in [0.25, 0.3) is 0 Å². The van der Waals surface area contributed by atoms with Crippen molar-refractivity contribution in [1.29, 1.82) is 0 Å². The molecule has 2 saturated carbocycles. The molecule has 3 aliphatic rings. The number of H-pyrrole nitrogens is 1. The third-order valence-electron chi connectivity index (χ3n) is 6.81. The van der Waals surface area contributed by atoms with Gasteiger partial charge in [0.1, 0.15) is 5.69 Å². The molecule has 7 heteroatoms. The highest BCUT2D eigenvalue weighted by Gasteiger charge is 2.30. The summed E-state index contributed by atoms with van der Waals surface area (Å²) in [5.74, 6) is 3.09. The van der Waals surface area contributed by atoms with Crippen LogP contribution in [0.15, 0.2) is 10.6 Å². The molecule has 2 aliphatic carbocycles. The number of nitrogens with zero attached hydrogens (tertiary/aromatic N) is 4. The van der Waals surface area contributed by atoms with E-state index in [0.717, 1.165) is 49.8 Å². The number of likely N-dealkylation sites (tertiary alicyclic amines) is 1. The summed E-state index contributed by atoms with van der Waals surface area (Å²) in [5.41, 5.74) is 1.67. The summed E-state index contributed by atoms with van der Waals surface area (Å²) in [6, 6.07) is 1.95. The number of hydrogen-bond acceptors (Lipinski definition) is 5. The van der Waals surface area contributed by atoms with E-state index < -0.39 is 0 Å². The van der Waals surface area contributed by atoms with E-state index in [-0.39, 0.29) is 5.91 Å². The van der Waals surface area contributed by atoms with Crippen LogP contribution in [0, 0.1) is 5.92 Å². The van der Waals surface area contributed by atoms with Crippen molar-refractivity contribution in [3.05, 3.63) is 29.2 Å². The molecular formula is C22H31N5O2. The Balaban J connectivity index is 1.19. The number of aromatic nitrogens is 4. The molecule has 1 atom stereocenters. The van der Waals surface area contributed by atoms with Crippen LogP contribution in [0.5, 0.6) is 0 Å². The van der Waals surface area contributed by atoms with Crippen molar-refractivity contribution >= 4 is 5.91 Å². The molecule has 2 aromatic rings. The normalized spacial score (nSPS) is 23.9. The summed E-state index contributed by atoms with van der Waals surface area (Å²) in [7, 11) is 0. The lowest BCUT2D eigenvalue weighted by Crippen LogP contribution is -2.40. The van der Waals surface area contributed by atoms with Crippen LogP contribution in [0.4, 0.5) is 0 Å². The zero-order valence-electron chi connectivity index (χ0n) is 17.1. The number of piperidine rings is 1. The molecule has 1 saturated heterocycles. The van der Waals surface area contributed by atoms with Crippen LogP contribution >= 0.6 is 0 Å². The second-order valence-electron chi connectivity index (χ2n) is 9.18. The van der Waals surface area contributed by atoms with Gasteiger partial charge in [0, 0.05) is 37.0 Å². The van der Waals surface area contributed by atoms with Crippen molar-refractivity contribution in [3.63, 3.8) is 0 Å². The molecule has 1 amide bonds. The maximum Gasteiger partial charge on any atom is 0.274 e. The minimum Gasteiger partial charge on any atom is -0.339 e. The van der Waals surface area contributed by atoms with Gasteiger partial charge in [0.15, 0.2) is 5.82 Å². The van der Waals surface area contributed by atoms with Crippen molar-refractivity contribution in [2.75, 3.05) is 13.1 Å². The van der Waals surface area contributed by atoms with Crippen molar-refractivity contribution in [2.24, 2.45) is 5.92 Å². The Hall–Kier alpha value is -2.18. The van der Waals surface area contributed by atoms with Gasteiger partial charge < -0.3 is 9.42 Å². The fourth-order valence-corrected chi connectivity index (χ4v) is 4.93. The average molecular weight is 398 g/mol. The molecule has 3 heterocycles. The van der Waals surface area contributed by atoms with Gasteiger partial charge in [-0.1, -0.05) is 30.8 Å². The van der Waals surface area contributed by atoms with Crippen LogP contribution in [-0.2, 0) is 6.42 Å². The first-order valence-corrected chi connectivity index (χ1v) is 11.4. The van der Waals surface area contributed by atoms with E-state index >= 15 is 0 Å². The van der Waals surface area contributed by atoms with Gasteiger partial charge in [0.25, 0.3) is 5.91 Å². The first kappa shape index (κ1) is 18.8. The fraction of sp³-hybridized carbons (Fsp3) is 0.727. The van der Waals surface area contributed by atoms with E-state index in [1.54, 1.807) is 0 Å². The molecule has 5 rings (SSSR count). The second-order valence-corrected chi connectivity index (χ2v) is 9.18. The van der Waals surface area contributed by atoms with Crippen LogP contribution in [0.3, 0.4) is 0 Å². The molecule has 0 radical (unpaired) electrons. The maximum absolute atomic E-state index is 12.9. The van der Waals surface area contributed by atoms with Crippen molar-refractivity contribution in [2.45, 2.75) is 82.5 Å². The summed E-state index contributed by atoms with van der Waals surface area (Å²) < 4.78 is 5.60. The van der Waals surface area contributed by atoms with E-state index in [0.29, 0.717) is 23.4 Å². The number of nitrogens with one attached hydrogen (secondary N) is 1. The molecule has 3 fully saturated rings. The fourth-order valence-electron chi connectivity index (χ4n) is 4.93.